The molecule has 0 aromatic heterocycles. The smallest absolute Gasteiger partial charge is 0.264 e. The van der Waals surface area contributed by atoms with Crippen LogP contribution in [-0.4, -0.2) is 20.9 Å². The van der Waals surface area contributed by atoms with E-state index in [0.29, 0.717) is 35.7 Å². The summed E-state index contributed by atoms with van der Waals surface area (Å²) >= 11 is 6.10. The Bertz CT molecular complexity index is 1380. The number of benzene rings is 3. The standard InChI is InChI=1S/C23H18ClF3N2O3S/c1-13-4-8-18(26)21(22(13)24)23(30)28-15-6-5-14-3-2-10-29(20(14)11-15)33(31,32)16-7-9-17(25)19(27)12-16/h4-9,11-12H,2-3,10H2,1H3,(H,28,30). The average Bonchev–Trinajstić information content (AvgIpc) is 2.77. The lowest BCUT2D eigenvalue weighted by molar-refractivity contribution is 0.102. The molecule has 0 fully saturated rings. The Kier molecular flexibility index (Phi) is 6.11. The van der Waals surface area contributed by atoms with Gasteiger partial charge in [-0.3, -0.25) is 9.10 Å². The third-order valence-electron chi connectivity index (χ3n) is 5.41. The van der Waals surface area contributed by atoms with Crippen LogP contribution in [0.2, 0.25) is 5.02 Å². The first-order chi connectivity index (χ1) is 15.6. The fraction of sp³-hybridized carbons (Fsp3) is 0.174. The molecule has 0 saturated carbocycles. The molecule has 1 aliphatic heterocycles. The number of sulfonamides is 1. The fourth-order valence-electron chi connectivity index (χ4n) is 3.69. The molecule has 0 bridgehead atoms. The van der Waals surface area contributed by atoms with Crippen molar-refractivity contribution in [1.29, 1.82) is 0 Å². The molecule has 4 rings (SSSR count). The van der Waals surface area contributed by atoms with Gasteiger partial charge < -0.3 is 5.32 Å². The third kappa shape index (κ3) is 4.30. The number of carbonyl (C=O) groups excluding carboxylic acids is 1. The highest BCUT2D eigenvalue weighted by Crippen LogP contribution is 2.35. The van der Waals surface area contributed by atoms with Crippen LogP contribution in [0.4, 0.5) is 24.5 Å². The Balaban J connectivity index is 1.70. The van der Waals surface area contributed by atoms with E-state index < -0.39 is 38.3 Å². The lowest BCUT2D eigenvalue weighted by Gasteiger charge is -2.31. The predicted molar refractivity (Wildman–Crippen MR) is 120 cm³/mol. The summed E-state index contributed by atoms with van der Waals surface area (Å²) in [6.45, 7) is 1.75. The van der Waals surface area contributed by atoms with E-state index in [9.17, 15) is 26.4 Å². The molecule has 3 aromatic rings. The van der Waals surface area contributed by atoms with Crippen molar-refractivity contribution in [1.82, 2.24) is 0 Å². The number of hydrogen-bond acceptors (Lipinski definition) is 3. The normalized spacial score (nSPS) is 13.5. The largest absolute Gasteiger partial charge is 0.322 e. The number of anilines is 2. The highest BCUT2D eigenvalue weighted by Gasteiger charge is 2.30. The highest BCUT2D eigenvalue weighted by atomic mass is 35.5. The highest BCUT2D eigenvalue weighted by molar-refractivity contribution is 7.92. The van der Waals surface area contributed by atoms with E-state index in [2.05, 4.69) is 5.32 Å². The second kappa shape index (κ2) is 8.72. The molecule has 1 aliphatic rings. The molecule has 0 spiro atoms. The molecule has 172 valence electrons. The molecule has 0 aliphatic carbocycles. The molecular weight excluding hydrogens is 477 g/mol. The van der Waals surface area contributed by atoms with E-state index in [-0.39, 0.29) is 22.8 Å². The summed E-state index contributed by atoms with van der Waals surface area (Å²) in [7, 11) is -4.20. The Morgan fingerprint density at radius 1 is 1.00 bits per heavy atom. The van der Waals surface area contributed by atoms with Crippen LogP contribution in [0, 0.1) is 24.4 Å². The number of nitrogens with one attached hydrogen (secondary N) is 1. The zero-order valence-corrected chi connectivity index (χ0v) is 18.9. The van der Waals surface area contributed by atoms with Gasteiger partial charge in [0.2, 0.25) is 0 Å². The zero-order chi connectivity index (χ0) is 23.9. The minimum absolute atomic E-state index is 0.0204. The van der Waals surface area contributed by atoms with Crippen LogP contribution in [0.5, 0.6) is 0 Å². The van der Waals surface area contributed by atoms with Crippen molar-refractivity contribution >= 4 is 38.9 Å². The quantitative estimate of drug-likeness (QED) is 0.524. The second-order valence-corrected chi connectivity index (χ2v) is 9.85. The van der Waals surface area contributed by atoms with E-state index in [0.717, 1.165) is 22.5 Å². The minimum Gasteiger partial charge on any atom is -0.322 e. The number of carbonyl (C=O) groups is 1. The lowest BCUT2D eigenvalue weighted by Crippen LogP contribution is -2.35. The van der Waals surface area contributed by atoms with Gasteiger partial charge >= 0.3 is 0 Å². The summed E-state index contributed by atoms with van der Waals surface area (Å²) in [6.07, 6.45) is 1.11. The first-order valence-electron chi connectivity index (χ1n) is 9.96. The molecule has 33 heavy (non-hydrogen) atoms. The van der Waals surface area contributed by atoms with E-state index in [4.69, 9.17) is 11.6 Å². The van der Waals surface area contributed by atoms with Crippen molar-refractivity contribution in [3.63, 3.8) is 0 Å². The van der Waals surface area contributed by atoms with Crippen molar-refractivity contribution in [2.45, 2.75) is 24.7 Å². The second-order valence-electron chi connectivity index (χ2n) is 7.61. The van der Waals surface area contributed by atoms with Crippen LogP contribution in [0.25, 0.3) is 0 Å². The zero-order valence-electron chi connectivity index (χ0n) is 17.3. The maximum atomic E-state index is 14.2. The van der Waals surface area contributed by atoms with Crippen LogP contribution in [0.15, 0.2) is 53.4 Å². The first kappa shape index (κ1) is 23.1. The number of fused-ring (bicyclic) bond motifs is 1. The summed E-state index contributed by atoms with van der Waals surface area (Å²) in [4.78, 5) is 12.3. The van der Waals surface area contributed by atoms with E-state index in [1.807, 2.05) is 0 Å². The van der Waals surface area contributed by atoms with Crippen LogP contribution in [-0.2, 0) is 16.4 Å². The fourth-order valence-corrected chi connectivity index (χ4v) is 5.48. The first-order valence-corrected chi connectivity index (χ1v) is 11.8. The molecule has 5 nitrogen and oxygen atoms in total. The Morgan fingerprint density at radius 2 is 1.73 bits per heavy atom. The molecule has 0 radical (unpaired) electrons. The molecule has 3 aromatic carbocycles. The molecule has 1 N–H and O–H groups in total. The molecule has 10 heteroatoms. The van der Waals surface area contributed by atoms with Gasteiger partial charge in [-0.1, -0.05) is 23.7 Å². The van der Waals surface area contributed by atoms with Crippen molar-refractivity contribution in [3.05, 3.63) is 87.7 Å². The summed E-state index contributed by atoms with van der Waals surface area (Å²) in [6, 6.07) is 9.66. The van der Waals surface area contributed by atoms with Crippen LogP contribution in [0.1, 0.15) is 27.9 Å². The lowest BCUT2D eigenvalue weighted by atomic mass is 10.0. The molecule has 1 amide bonds. The Morgan fingerprint density at radius 3 is 2.45 bits per heavy atom. The number of nitrogens with zero attached hydrogens (tertiary/aromatic N) is 1. The monoisotopic (exact) mass is 494 g/mol. The van der Waals surface area contributed by atoms with Crippen molar-refractivity contribution in [2.24, 2.45) is 0 Å². The van der Waals surface area contributed by atoms with Crippen LogP contribution in [0.3, 0.4) is 0 Å². The molecule has 0 unspecified atom stereocenters. The van der Waals surface area contributed by atoms with E-state index in [1.54, 1.807) is 19.1 Å². The van der Waals surface area contributed by atoms with Gasteiger partial charge in [-0.15, -0.1) is 0 Å². The maximum Gasteiger partial charge on any atom is 0.264 e. The Hall–Kier alpha value is -3.04. The number of hydrogen-bond donors (Lipinski definition) is 1. The SMILES string of the molecule is Cc1ccc(F)c(C(=O)Nc2ccc3c(c2)N(S(=O)(=O)c2ccc(F)c(F)c2)CCC3)c1Cl. The van der Waals surface area contributed by atoms with Crippen molar-refractivity contribution in [3.8, 4) is 0 Å². The Labute approximate surface area is 193 Å². The molecule has 1 heterocycles. The molecular formula is C23H18ClF3N2O3S. The number of halogens is 4. The van der Waals surface area contributed by atoms with Gasteiger partial charge in [0.15, 0.2) is 11.6 Å². The number of amides is 1. The van der Waals surface area contributed by atoms with Gasteiger partial charge in [0.1, 0.15) is 5.82 Å². The molecule has 0 saturated heterocycles. The van der Waals surface area contributed by atoms with Crippen molar-refractivity contribution < 1.29 is 26.4 Å². The van der Waals surface area contributed by atoms with E-state index >= 15 is 0 Å². The number of rotatable bonds is 4. The van der Waals surface area contributed by atoms with E-state index in [1.165, 1.54) is 12.1 Å². The average molecular weight is 495 g/mol. The molecule has 0 atom stereocenters. The van der Waals surface area contributed by atoms with Crippen molar-refractivity contribution in [2.75, 3.05) is 16.2 Å². The van der Waals surface area contributed by atoms with Gasteiger partial charge in [-0.2, -0.15) is 0 Å². The van der Waals surface area contributed by atoms with Gasteiger partial charge in [-0.05, 0) is 67.3 Å². The minimum atomic E-state index is -4.20. The number of aryl methyl sites for hydroxylation is 2. The van der Waals surface area contributed by atoms with Gasteiger partial charge in [0.05, 0.1) is 21.2 Å². The summed E-state index contributed by atoms with van der Waals surface area (Å²) < 4.78 is 68.7. The third-order valence-corrected chi connectivity index (χ3v) is 7.71. The summed E-state index contributed by atoms with van der Waals surface area (Å²) in [5, 5.41) is 2.53. The van der Waals surface area contributed by atoms with Crippen LogP contribution >= 0.6 is 11.6 Å². The van der Waals surface area contributed by atoms with Crippen LogP contribution < -0.4 is 9.62 Å². The topological polar surface area (TPSA) is 66.5 Å². The summed E-state index contributed by atoms with van der Waals surface area (Å²) in [5.74, 6) is -4.00. The van der Waals surface area contributed by atoms with Gasteiger partial charge in [-0.25, -0.2) is 21.6 Å². The summed E-state index contributed by atoms with van der Waals surface area (Å²) in [5.41, 5.74) is 1.42. The predicted octanol–water partition coefficient (Wildman–Crippen LogP) is 5.46. The maximum absolute atomic E-state index is 14.2. The van der Waals surface area contributed by atoms with Gasteiger partial charge in [0.25, 0.3) is 15.9 Å². The van der Waals surface area contributed by atoms with Gasteiger partial charge in [0, 0.05) is 12.2 Å².